The highest BCUT2D eigenvalue weighted by Gasteiger charge is 2.00. The van der Waals surface area contributed by atoms with Crippen molar-refractivity contribution in [1.29, 1.82) is 0 Å². The van der Waals surface area contributed by atoms with Crippen molar-refractivity contribution in [2.75, 3.05) is 0 Å². The molecule has 3 nitrogen and oxygen atoms in total. The van der Waals surface area contributed by atoms with E-state index in [0.29, 0.717) is 18.7 Å². The second kappa shape index (κ2) is 6.70. The lowest BCUT2D eigenvalue weighted by molar-refractivity contribution is 0.305. The van der Waals surface area contributed by atoms with Crippen LogP contribution in [0, 0.1) is 5.82 Å². The van der Waals surface area contributed by atoms with Gasteiger partial charge in [0, 0.05) is 6.42 Å². The third-order valence-electron chi connectivity index (χ3n) is 2.85. The van der Waals surface area contributed by atoms with E-state index in [1.54, 1.807) is 13.0 Å². The molecule has 0 heterocycles. The maximum absolute atomic E-state index is 13.0. The van der Waals surface area contributed by atoms with Gasteiger partial charge in [-0.1, -0.05) is 29.4 Å². The number of halogens is 1. The molecule has 4 heteroatoms. The summed E-state index contributed by atoms with van der Waals surface area (Å²) >= 11 is 0. The van der Waals surface area contributed by atoms with Gasteiger partial charge in [-0.05, 0) is 42.3 Å². The number of hydrogen-bond acceptors (Lipinski definition) is 3. The molecule has 104 valence electrons. The lowest BCUT2D eigenvalue weighted by atomic mass is 10.1. The summed E-state index contributed by atoms with van der Waals surface area (Å²) in [6.07, 6.45) is 0.598. The van der Waals surface area contributed by atoms with Gasteiger partial charge in [-0.15, -0.1) is 0 Å². The van der Waals surface area contributed by atoms with Crippen LogP contribution in [-0.2, 0) is 13.0 Å². The van der Waals surface area contributed by atoms with E-state index in [4.69, 9.17) is 9.94 Å². The maximum Gasteiger partial charge on any atom is 0.123 e. The van der Waals surface area contributed by atoms with Gasteiger partial charge in [0.15, 0.2) is 0 Å². The van der Waals surface area contributed by atoms with E-state index >= 15 is 0 Å². The molecule has 2 aromatic carbocycles. The number of nitrogens with zero attached hydrogens (tertiary/aromatic N) is 1. The van der Waals surface area contributed by atoms with Crippen LogP contribution in [0.5, 0.6) is 5.75 Å². The Labute approximate surface area is 117 Å². The number of rotatable bonds is 5. The largest absolute Gasteiger partial charge is 0.489 e. The van der Waals surface area contributed by atoms with Gasteiger partial charge in [0.2, 0.25) is 0 Å². The van der Waals surface area contributed by atoms with Crippen LogP contribution in [0.1, 0.15) is 18.1 Å². The zero-order valence-electron chi connectivity index (χ0n) is 11.2. The molecule has 2 rings (SSSR count). The smallest absolute Gasteiger partial charge is 0.123 e. The summed E-state index contributed by atoms with van der Waals surface area (Å²) in [7, 11) is 0. The summed E-state index contributed by atoms with van der Waals surface area (Å²) in [5, 5.41) is 11.8. The molecular formula is C16H16FNO2. The van der Waals surface area contributed by atoms with Crippen molar-refractivity contribution in [3.05, 3.63) is 65.5 Å². The van der Waals surface area contributed by atoms with Crippen LogP contribution < -0.4 is 4.74 Å². The fourth-order valence-corrected chi connectivity index (χ4v) is 1.83. The van der Waals surface area contributed by atoms with E-state index < -0.39 is 0 Å². The summed E-state index contributed by atoms with van der Waals surface area (Å²) in [5.74, 6) is 0.455. The van der Waals surface area contributed by atoms with Crippen molar-refractivity contribution in [1.82, 2.24) is 0 Å². The quantitative estimate of drug-likeness (QED) is 0.511. The molecular weight excluding hydrogens is 257 g/mol. The Morgan fingerprint density at radius 3 is 2.55 bits per heavy atom. The predicted molar refractivity (Wildman–Crippen MR) is 75.8 cm³/mol. The minimum absolute atomic E-state index is 0.264. The van der Waals surface area contributed by atoms with Crippen molar-refractivity contribution in [2.45, 2.75) is 20.0 Å². The zero-order valence-corrected chi connectivity index (χ0v) is 11.2. The molecule has 0 aromatic heterocycles. The molecule has 0 aliphatic heterocycles. The van der Waals surface area contributed by atoms with Gasteiger partial charge in [-0.3, -0.25) is 0 Å². The van der Waals surface area contributed by atoms with Gasteiger partial charge in [-0.25, -0.2) is 4.39 Å². The fraction of sp³-hybridized carbons (Fsp3) is 0.188. The zero-order chi connectivity index (χ0) is 14.4. The van der Waals surface area contributed by atoms with Gasteiger partial charge >= 0.3 is 0 Å². The number of oxime groups is 1. The summed E-state index contributed by atoms with van der Waals surface area (Å²) in [5.41, 5.74) is 2.48. The van der Waals surface area contributed by atoms with Crippen LogP contribution in [0.3, 0.4) is 0 Å². The Morgan fingerprint density at radius 2 is 1.90 bits per heavy atom. The van der Waals surface area contributed by atoms with Crippen molar-refractivity contribution >= 4 is 5.71 Å². The van der Waals surface area contributed by atoms with Crippen LogP contribution >= 0.6 is 0 Å². The third-order valence-corrected chi connectivity index (χ3v) is 2.85. The third kappa shape index (κ3) is 4.09. The number of benzene rings is 2. The van der Waals surface area contributed by atoms with E-state index in [-0.39, 0.29) is 5.82 Å². The van der Waals surface area contributed by atoms with Crippen molar-refractivity contribution < 1.29 is 14.3 Å². The number of ether oxygens (including phenoxy) is 1. The topological polar surface area (TPSA) is 41.8 Å². The molecule has 0 atom stereocenters. The Morgan fingerprint density at radius 1 is 1.15 bits per heavy atom. The van der Waals surface area contributed by atoms with Crippen LogP contribution in [0.15, 0.2) is 53.7 Å². The van der Waals surface area contributed by atoms with Crippen molar-refractivity contribution in [2.24, 2.45) is 5.16 Å². The van der Waals surface area contributed by atoms with Crippen molar-refractivity contribution in [3.63, 3.8) is 0 Å². The average molecular weight is 273 g/mol. The van der Waals surface area contributed by atoms with E-state index in [2.05, 4.69) is 5.16 Å². The minimum atomic E-state index is -0.264. The average Bonchev–Trinajstić information content (AvgIpc) is 2.46. The van der Waals surface area contributed by atoms with E-state index in [1.807, 2.05) is 30.3 Å². The minimum Gasteiger partial charge on any atom is -0.489 e. The van der Waals surface area contributed by atoms with E-state index in [0.717, 1.165) is 16.9 Å². The Balaban J connectivity index is 1.94. The predicted octanol–water partition coefficient (Wildman–Crippen LogP) is 3.80. The van der Waals surface area contributed by atoms with E-state index in [9.17, 15) is 4.39 Å². The summed E-state index contributed by atoms with van der Waals surface area (Å²) < 4.78 is 18.6. The SMILES string of the molecule is C/C(Cc1ccc(OCc2cccc(F)c2)cc1)=N/O. The molecule has 0 aliphatic rings. The second-order valence-electron chi connectivity index (χ2n) is 4.57. The van der Waals surface area contributed by atoms with Crippen molar-refractivity contribution in [3.8, 4) is 5.75 Å². The molecule has 0 spiro atoms. The molecule has 0 saturated carbocycles. The van der Waals surface area contributed by atoms with Gasteiger partial charge < -0.3 is 9.94 Å². The summed E-state index contributed by atoms with van der Waals surface area (Å²) in [6, 6.07) is 13.9. The lowest BCUT2D eigenvalue weighted by Crippen LogP contribution is -1.98. The van der Waals surface area contributed by atoms with Crippen LogP contribution in [-0.4, -0.2) is 10.9 Å². The first-order chi connectivity index (χ1) is 9.67. The molecule has 0 unspecified atom stereocenters. The highest BCUT2D eigenvalue weighted by molar-refractivity contribution is 5.83. The van der Waals surface area contributed by atoms with Gasteiger partial charge in [0.25, 0.3) is 0 Å². The summed E-state index contributed by atoms with van der Waals surface area (Å²) in [4.78, 5) is 0. The Hall–Kier alpha value is -2.36. The first kappa shape index (κ1) is 14.1. The molecule has 0 radical (unpaired) electrons. The lowest BCUT2D eigenvalue weighted by Gasteiger charge is -2.07. The van der Waals surface area contributed by atoms with E-state index in [1.165, 1.54) is 12.1 Å². The first-order valence-corrected chi connectivity index (χ1v) is 6.31. The Bertz CT molecular complexity index is 594. The first-order valence-electron chi connectivity index (χ1n) is 6.31. The van der Waals surface area contributed by atoms with Gasteiger partial charge in [-0.2, -0.15) is 0 Å². The molecule has 2 aromatic rings. The molecule has 0 aliphatic carbocycles. The normalized spacial score (nSPS) is 11.4. The fourth-order valence-electron chi connectivity index (χ4n) is 1.83. The standard InChI is InChI=1S/C16H16FNO2/c1-12(18-19)9-13-5-7-16(8-6-13)20-11-14-3-2-4-15(17)10-14/h2-8,10,19H,9,11H2,1H3/b18-12-. The molecule has 0 bridgehead atoms. The van der Waals surface area contributed by atoms with Gasteiger partial charge in [0.05, 0.1) is 5.71 Å². The highest BCUT2D eigenvalue weighted by atomic mass is 19.1. The van der Waals surface area contributed by atoms with Crippen LogP contribution in [0.4, 0.5) is 4.39 Å². The van der Waals surface area contributed by atoms with Crippen LogP contribution in [0.2, 0.25) is 0 Å². The highest BCUT2D eigenvalue weighted by Crippen LogP contribution is 2.15. The molecule has 0 saturated heterocycles. The van der Waals surface area contributed by atoms with Crippen LogP contribution in [0.25, 0.3) is 0 Å². The molecule has 1 N–H and O–H groups in total. The molecule has 20 heavy (non-hydrogen) atoms. The molecule has 0 fully saturated rings. The summed E-state index contributed by atoms with van der Waals surface area (Å²) in [6.45, 7) is 2.09. The number of hydrogen-bond donors (Lipinski definition) is 1. The van der Waals surface area contributed by atoms with Gasteiger partial charge in [0.1, 0.15) is 18.2 Å². The monoisotopic (exact) mass is 273 g/mol. The Kier molecular flexibility index (Phi) is 4.71. The second-order valence-corrected chi connectivity index (χ2v) is 4.57. The maximum atomic E-state index is 13.0. The molecule has 0 amide bonds.